The van der Waals surface area contributed by atoms with Crippen LogP contribution >= 0.6 is 21.6 Å². The molecule has 2 atom stereocenters. The van der Waals surface area contributed by atoms with Crippen LogP contribution in [-0.4, -0.2) is 71.9 Å². The molecule has 0 aliphatic heterocycles. The van der Waals surface area contributed by atoms with Gasteiger partial charge >= 0.3 is 36.1 Å². The fourth-order valence-electron chi connectivity index (χ4n) is 1.68. The number of ether oxygens (including phenoxy) is 2. The first-order chi connectivity index (χ1) is 14.4. The van der Waals surface area contributed by atoms with Crippen LogP contribution in [0.25, 0.3) is 0 Å². The molecule has 0 fully saturated rings. The van der Waals surface area contributed by atoms with E-state index in [-0.39, 0.29) is 0 Å². The Morgan fingerprint density at radius 3 is 1.19 bits per heavy atom. The lowest BCUT2D eigenvalue weighted by Gasteiger charge is -2.21. The van der Waals surface area contributed by atoms with Gasteiger partial charge in [-0.25, -0.2) is 9.59 Å². The van der Waals surface area contributed by atoms with Crippen molar-refractivity contribution in [3.8, 4) is 0 Å². The second kappa shape index (κ2) is 13.0. The van der Waals surface area contributed by atoms with Gasteiger partial charge < -0.3 is 20.1 Å². The Morgan fingerprint density at radius 1 is 0.688 bits per heavy atom. The van der Waals surface area contributed by atoms with E-state index in [2.05, 4.69) is 0 Å². The number of hydrogen-bond donors (Lipinski definition) is 2. The molecule has 2 N–H and O–H groups in total. The average molecular weight is 516 g/mol. The summed E-state index contributed by atoms with van der Waals surface area (Å²) in [6.07, 6.45) is -11.9. The summed E-state index contributed by atoms with van der Waals surface area (Å²) in [5.74, 6) is -8.04. The maximum atomic E-state index is 12.5. The Bertz CT molecular complexity index is 616. The number of amides is 2. The van der Waals surface area contributed by atoms with E-state index < -0.39 is 71.9 Å². The van der Waals surface area contributed by atoms with Gasteiger partial charge in [-0.2, -0.15) is 26.3 Å². The highest BCUT2D eigenvalue weighted by Crippen LogP contribution is 2.25. The van der Waals surface area contributed by atoms with Crippen molar-refractivity contribution in [1.82, 2.24) is 10.6 Å². The van der Waals surface area contributed by atoms with Crippen molar-refractivity contribution >= 4 is 45.3 Å². The Kier molecular flexibility index (Phi) is 12.3. The summed E-state index contributed by atoms with van der Waals surface area (Å²) in [7, 11) is 1.32. The van der Waals surface area contributed by atoms with Crippen molar-refractivity contribution in [3.63, 3.8) is 0 Å². The lowest BCUT2D eigenvalue weighted by atomic mass is 10.3. The van der Waals surface area contributed by atoms with Gasteiger partial charge in [0.2, 0.25) is 0 Å². The minimum Gasteiger partial charge on any atom is -0.461 e. The zero-order valence-corrected chi connectivity index (χ0v) is 18.9. The third-order valence-corrected chi connectivity index (χ3v) is 5.37. The SMILES string of the molecule is CC(C)OC(=O)C(CSSCC(NC(=O)C(F)(F)F)C(=O)OC(C)C)NC(=O)C(F)(F)F. The number of alkyl halides is 6. The van der Waals surface area contributed by atoms with Crippen LogP contribution in [0, 0.1) is 0 Å². The molecule has 0 radical (unpaired) electrons. The van der Waals surface area contributed by atoms with Crippen molar-refractivity contribution in [2.75, 3.05) is 11.5 Å². The van der Waals surface area contributed by atoms with E-state index in [9.17, 15) is 45.5 Å². The van der Waals surface area contributed by atoms with Gasteiger partial charge in [0.05, 0.1) is 12.2 Å². The molecule has 0 rings (SSSR count). The molecular formula is C16H22F6N2O6S2. The Morgan fingerprint density at radius 2 is 0.969 bits per heavy atom. The number of hydrogen-bond acceptors (Lipinski definition) is 8. The third-order valence-electron chi connectivity index (χ3n) is 2.95. The molecule has 32 heavy (non-hydrogen) atoms. The highest BCUT2D eigenvalue weighted by molar-refractivity contribution is 8.76. The zero-order valence-electron chi connectivity index (χ0n) is 17.3. The number of carbonyl (C=O) groups excluding carboxylic acids is 4. The summed E-state index contributed by atoms with van der Waals surface area (Å²) < 4.78 is 84.4. The Balaban J connectivity index is 5.10. The summed E-state index contributed by atoms with van der Waals surface area (Å²) in [4.78, 5) is 46.2. The largest absolute Gasteiger partial charge is 0.471 e. The second-order valence-corrected chi connectivity index (χ2v) is 9.14. The quantitative estimate of drug-likeness (QED) is 0.186. The molecule has 0 saturated carbocycles. The first kappa shape index (κ1) is 30.2. The van der Waals surface area contributed by atoms with Crippen LogP contribution in [0.2, 0.25) is 0 Å². The molecule has 16 heteroatoms. The van der Waals surface area contributed by atoms with Crippen LogP contribution in [-0.2, 0) is 28.7 Å². The van der Waals surface area contributed by atoms with Crippen LogP contribution in [0.1, 0.15) is 27.7 Å². The van der Waals surface area contributed by atoms with E-state index in [4.69, 9.17) is 9.47 Å². The van der Waals surface area contributed by atoms with E-state index in [1.807, 2.05) is 0 Å². The topological polar surface area (TPSA) is 111 Å². The van der Waals surface area contributed by atoms with Gasteiger partial charge in [-0.15, -0.1) is 0 Å². The maximum absolute atomic E-state index is 12.5. The van der Waals surface area contributed by atoms with Crippen LogP contribution in [0.15, 0.2) is 0 Å². The van der Waals surface area contributed by atoms with Crippen molar-refractivity contribution in [2.45, 2.75) is 64.3 Å². The zero-order chi connectivity index (χ0) is 25.3. The third kappa shape index (κ3) is 12.3. The molecule has 2 amide bonds. The summed E-state index contributed by atoms with van der Waals surface area (Å²) in [6, 6.07) is -3.45. The summed E-state index contributed by atoms with van der Waals surface area (Å²) >= 11 is 0. The highest BCUT2D eigenvalue weighted by Gasteiger charge is 2.42. The average Bonchev–Trinajstić information content (AvgIpc) is 2.59. The number of esters is 2. The molecular weight excluding hydrogens is 494 g/mol. The van der Waals surface area contributed by atoms with E-state index in [0.717, 1.165) is 0 Å². The maximum Gasteiger partial charge on any atom is 0.471 e. The molecule has 0 aromatic rings. The minimum atomic E-state index is -5.26. The molecule has 0 aromatic heterocycles. The molecule has 0 aromatic carbocycles. The number of carbonyl (C=O) groups is 4. The standard InChI is InChI=1S/C16H22F6N2O6S2/c1-7(2)29-11(25)9(23-13(27)15(17,18)19)5-31-32-6-10(12(26)30-8(3)4)24-14(28)16(20,21)22/h7-10H,5-6H2,1-4H3,(H,23,27)(H,24,28). The number of rotatable bonds is 11. The molecule has 8 nitrogen and oxygen atoms in total. The van der Waals surface area contributed by atoms with Crippen molar-refractivity contribution < 1.29 is 55.0 Å². The first-order valence-electron chi connectivity index (χ1n) is 8.85. The fraction of sp³-hybridized carbons (Fsp3) is 0.750. The smallest absolute Gasteiger partial charge is 0.461 e. The monoisotopic (exact) mass is 516 g/mol. The van der Waals surface area contributed by atoms with E-state index in [1.54, 1.807) is 0 Å². The fourth-order valence-corrected chi connectivity index (χ4v) is 3.98. The molecule has 0 heterocycles. The van der Waals surface area contributed by atoms with Gasteiger partial charge in [-0.1, -0.05) is 21.6 Å². The Labute approximate surface area is 187 Å². The van der Waals surface area contributed by atoms with E-state index >= 15 is 0 Å². The van der Waals surface area contributed by atoms with Gasteiger partial charge in [0, 0.05) is 11.5 Å². The van der Waals surface area contributed by atoms with Crippen LogP contribution < -0.4 is 10.6 Å². The summed E-state index contributed by atoms with van der Waals surface area (Å²) in [5, 5.41) is 2.94. The number of halogens is 6. The van der Waals surface area contributed by atoms with Gasteiger partial charge in [-0.3, -0.25) is 9.59 Å². The van der Waals surface area contributed by atoms with Gasteiger partial charge in [0.25, 0.3) is 0 Å². The highest BCUT2D eigenvalue weighted by atomic mass is 33.1. The second-order valence-electron chi connectivity index (χ2n) is 6.59. The molecule has 186 valence electrons. The molecule has 0 spiro atoms. The van der Waals surface area contributed by atoms with Crippen LogP contribution in [0.3, 0.4) is 0 Å². The van der Waals surface area contributed by atoms with Gasteiger partial charge in [0.1, 0.15) is 12.1 Å². The molecule has 0 bridgehead atoms. The van der Waals surface area contributed by atoms with Crippen molar-refractivity contribution in [2.24, 2.45) is 0 Å². The molecule has 0 aliphatic carbocycles. The molecule has 2 unspecified atom stereocenters. The normalized spacial score (nSPS) is 14.0. The first-order valence-corrected chi connectivity index (χ1v) is 11.3. The molecule has 0 saturated heterocycles. The van der Waals surface area contributed by atoms with Gasteiger partial charge in [-0.05, 0) is 27.7 Å². The lowest BCUT2D eigenvalue weighted by Crippen LogP contribution is -2.49. The van der Waals surface area contributed by atoms with E-state index in [1.165, 1.54) is 38.3 Å². The van der Waals surface area contributed by atoms with Crippen molar-refractivity contribution in [3.05, 3.63) is 0 Å². The Hall–Kier alpha value is -1.84. The lowest BCUT2D eigenvalue weighted by molar-refractivity contribution is -0.176. The van der Waals surface area contributed by atoms with Crippen LogP contribution in [0.5, 0.6) is 0 Å². The van der Waals surface area contributed by atoms with E-state index in [0.29, 0.717) is 21.6 Å². The predicted octanol–water partition coefficient (Wildman–Crippen LogP) is 2.37. The van der Waals surface area contributed by atoms with Crippen LogP contribution in [0.4, 0.5) is 26.3 Å². The summed E-state index contributed by atoms with van der Waals surface area (Å²) in [6.45, 7) is 5.71. The van der Waals surface area contributed by atoms with Crippen molar-refractivity contribution in [1.29, 1.82) is 0 Å². The van der Waals surface area contributed by atoms with Gasteiger partial charge in [0.15, 0.2) is 0 Å². The minimum absolute atomic E-state index is 0.475. The number of nitrogens with one attached hydrogen (secondary N) is 2. The predicted molar refractivity (Wildman–Crippen MR) is 103 cm³/mol. The molecule has 0 aliphatic rings. The summed E-state index contributed by atoms with van der Waals surface area (Å²) in [5.41, 5.74) is 0.